The zero-order valence-corrected chi connectivity index (χ0v) is 38.0. The summed E-state index contributed by atoms with van der Waals surface area (Å²) in [5.74, 6) is -2.03. The van der Waals surface area contributed by atoms with Crippen LogP contribution in [0.25, 0.3) is 0 Å². The number of amides is 3. The van der Waals surface area contributed by atoms with E-state index in [1.807, 2.05) is 90.9 Å². The van der Waals surface area contributed by atoms with Gasteiger partial charge in [-0.3, -0.25) is 4.79 Å². The van der Waals surface area contributed by atoms with E-state index in [1.165, 1.54) is 0 Å². The van der Waals surface area contributed by atoms with Crippen molar-refractivity contribution in [3.63, 3.8) is 0 Å². The van der Waals surface area contributed by atoms with Crippen LogP contribution in [0.15, 0.2) is 54.6 Å². The van der Waals surface area contributed by atoms with E-state index in [0.717, 1.165) is 5.56 Å². The number of nitrogens with zero attached hydrogens (tertiary/aromatic N) is 2. The number of likely N-dealkylation sites (N-methyl/N-ethyl adjacent to an activating group) is 1. The lowest BCUT2D eigenvalue weighted by Gasteiger charge is -2.49. The first-order valence-corrected chi connectivity index (χ1v) is 22.0. The van der Waals surface area contributed by atoms with Crippen molar-refractivity contribution in [2.45, 2.75) is 147 Å². The predicted octanol–water partition coefficient (Wildman–Crippen LogP) is 5.73. The second-order valence-electron chi connectivity index (χ2n) is 18.7. The highest BCUT2D eigenvalue weighted by molar-refractivity contribution is 6.30. The second kappa shape index (κ2) is 20.6. The van der Waals surface area contributed by atoms with Gasteiger partial charge in [-0.05, 0) is 115 Å². The van der Waals surface area contributed by atoms with E-state index in [0.29, 0.717) is 36.4 Å². The van der Waals surface area contributed by atoms with Gasteiger partial charge in [-0.2, -0.15) is 0 Å². The fourth-order valence-corrected chi connectivity index (χ4v) is 10.1. The number of carbonyl (C=O) groups excluding carboxylic acids is 2. The molecule has 0 aromatic heterocycles. The Morgan fingerprint density at radius 2 is 1.67 bits per heavy atom. The predicted molar refractivity (Wildman–Crippen MR) is 233 cm³/mol. The number of hydrogen-bond donors (Lipinski definition) is 5. The van der Waals surface area contributed by atoms with Crippen LogP contribution in [-0.4, -0.2) is 138 Å². The third-order valence-electron chi connectivity index (χ3n) is 13.3. The summed E-state index contributed by atoms with van der Waals surface area (Å²) in [5.41, 5.74) is -0.836. The van der Waals surface area contributed by atoms with Crippen LogP contribution in [0.4, 0.5) is 10.5 Å². The fourth-order valence-electron chi connectivity index (χ4n) is 9.97. The first kappa shape index (κ1) is 48.2. The molecule has 13 nitrogen and oxygen atoms in total. The molecule has 2 aromatic carbocycles. The smallest absolute Gasteiger partial charge is 0.321 e. The van der Waals surface area contributed by atoms with Crippen molar-refractivity contribution in [2.24, 2.45) is 23.7 Å². The average Bonchev–Trinajstić information content (AvgIpc) is 3.19. The number of carbonyl (C=O) groups is 2. The molecule has 14 heteroatoms. The van der Waals surface area contributed by atoms with E-state index >= 15 is 0 Å². The van der Waals surface area contributed by atoms with Crippen molar-refractivity contribution in [2.75, 3.05) is 39.6 Å². The van der Waals surface area contributed by atoms with E-state index in [1.54, 1.807) is 43.2 Å². The molecule has 0 radical (unpaired) electrons. The van der Waals surface area contributed by atoms with Gasteiger partial charge in [-0.15, -0.1) is 0 Å². The van der Waals surface area contributed by atoms with Gasteiger partial charge in [0.05, 0.1) is 41.7 Å². The zero-order valence-electron chi connectivity index (χ0n) is 37.2. The number of hydrogen-bond acceptors (Lipinski definition) is 10. The van der Waals surface area contributed by atoms with E-state index in [-0.39, 0.29) is 49.5 Å². The maximum absolute atomic E-state index is 14.8. The van der Waals surface area contributed by atoms with Crippen molar-refractivity contribution < 1.29 is 43.9 Å². The summed E-state index contributed by atoms with van der Waals surface area (Å²) < 4.78 is 25.5. The van der Waals surface area contributed by atoms with Gasteiger partial charge in [0.1, 0.15) is 12.2 Å². The molecule has 336 valence electrons. The molecular weight excluding hydrogens is 788 g/mol. The Morgan fingerprint density at radius 1 is 1.00 bits per heavy atom. The largest absolute Gasteiger partial charge is 0.387 e. The van der Waals surface area contributed by atoms with Crippen LogP contribution >= 0.6 is 11.6 Å². The van der Waals surface area contributed by atoms with E-state index in [2.05, 4.69) is 10.6 Å². The zero-order chi connectivity index (χ0) is 44.1. The van der Waals surface area contributed by atoms with E-state index in [4.69, 9.17) is 30.5 Å². The Morgan fingerprint density at radius 3 is 2.30 bits per heavy atom. The van der Waals surface area contributed by atoms with Crippen molar-refractivity contribution in [3.8, 4) is 0 Å². The van der Waals surface area contributed by atoms with Crippen LogP contribution in [0.1, 0.15) is 79.7 Å². The molecule has 3 heterocycles. The lowest BCUT2D eigenvalue weighted by molar-refractivity contribution is -0.298. The number of methoxy groups -OCH3 is 1. The average molecular weight is 860 g/mol. The molecule has 5 rings (SSSR count). The number of ether oxygens (including phenoxy) is 4. The molecule has 0 bridgehead atoms. The lowest BCUT2D eigenvalue weighted by atomic mass is 9.70. The number of halogens is 1. The van der Waals surface area contributed by atoms with Gasteiger partial charge < -0.3 is 54.7 Å². The summed E-state index contributed by atoms with van der Waals surface area (Å²) >= 11 is 6.15. The summed E-state index contributed by atoms with van der Waals surface area (Å²) in [6, 6.07) is 15.7. The number of aliphatic hydroxyl groups excluding tert-OH is 2. The third kappa shape index (κ3) is 12.0. The lowest BCUT2D eigenvalue weighted by Crippen LogP contribution is -2.59. The molecule has 60 heavy (non-hydrogen) atoms. The molecule has 3 saturated heterocycles. The normalized spacial score (nSPS) is 38.6. The summed E-state index contributed by atoms with van der Waals surface area (Å²) in [5, 5.41) is 42.5. The van der Waals surface area contributed by atoms with Crippen LogP contribution < -0.4 is 10.6 Å². The van der Waals surface area contributed by atoms with Gasteiger partial charge in [0.25, 0.3) is 0 Å². The van der Waals surface area contributed by atoms with Gasteiger partial charge in [-0.25, -0.2) is 4.79 Å². The molecular formula is C46H71ClN4O9. The Bertz CT molecular complexity index is 1690. The van der Waals surface area contributed by atoms with E-state index < -0.39 is 71.8 Å². The number of anilines is 1. The highest BCUT2D eigenvalue weighted by Gasteiger charge is 2.51. The first-order chi connectivity index (χ1) is 28.2. The van der Waals surface area contributed by atoms with Crippen LogP contribution in [0, 0.1) is 23.7 Å². The molecule has 3 fully saturated rings. The van der Waals surface area contributed by atoms with Gasteiger partial charge in [0.2, 0.25) is 5.91 Å². The number of benzene rings is 2. The van der Waals surface area contributed by atoms with Crippen LogP contribution in [0.2, 0.25) is 5.02 Å². The highest BCUT2D eigenvalue weighted by Crippen LogP contribution is 2.42. The summed E-state index contributed by atoms with van der Waals surface area (Å²) in [6.07, 6.45) is -2.98. The summed E-state index contributed by atoms with van der Waals surface area (Å²) in [6.45, 7) is 13.7. The van der Waals surface area contributed by atoms with Crippen LogP contribution in [-0.2, 0) is 30.2 Å². The number of urea groups is 1. The van der Waals surface area contributed by atoms with Gasteiger partial charge in [0, 0.05) is 49.3 Å². The highest BCUT2D eigenvalue weighted by atomic mass is 35.5. The maximum atomic E-state index is 14.8. The Balaban J connectivity index is 1.57. The third-order valence-corrected chi connectivity index (χ3v) is 13.5. The quantitative estimate of drug-likeness (QED) is 0.211. The first-order valence-electron chi connectivity index (χ1n) is 21.6. The maximum Gasteiger partial charge on any atom is 0.321 e. The second-order valence-corrected chi connectivity index (χ2v) is 19.1. The molecule has 3 aliphatic heterocycles. The van der Waals surface area contributed by atoms with Crippen LogP contribution in [0.5, 0.6) is 0 Å². The van der Waals surface area contributed by atoms with E-state index in [9.17, 15) is 24.9 Å². The van der Waals surface area contributed by atoms with Gasteiger partial charge in [-0.1, -0.05) is 62.7 Å². The van der Waals surface area contributed by atoms with Crippen molar-refractivity contribution in [1.29, 1.82) is 0 Å². The Hall–Kier alpha value is -2.85. The fraction of sp³-hybridized carbons (Fsp3) is 0.696. The molecule has 15 atom stereocenters. The molecule has 3 aliphatic rings. The number of aliphatic hydroxyl groups is 3. The molecule has 3 amide bonds. The monoisotopic (exact) mass is 858 g/mol. The minimum atomic E-state index is -1.53. The van der Waals surface area contributed by atoms with Crippen molar-refractivity contribution >= 4 is 29.2 Å². The molecule has 1 unspecified atom stereocenters. The number of rotatable bonds is 9. The Kier molecular flexibility index (Phi) is 16.5. The Labute approximate surface area is 362 Å². The summed E-state index contributed by atoms with van der Waals surface area (Å²) in [7, 11) is 5.41. The number of nitrogens with one attached hydrogen (secondary N) is 2. The molecule has 2 aromatic rings. The SMILES string of the molecule is CO[C@]1(C)C[C@H](C[C@H]2[C@H](C)[C@@H](O[C@@H]3O[C@H](C)C[C@H](N(C)C)[C@H]3O)[C@](C)(O)C[C@@H](C)CN(C(=O)Nc3ccc(Cl)cc3)CC(Cc3ccccc3)NC(=O)[C@@H]2C)O[C@@H](C)[C@@H]1O. The van der Waals surface area contributed by atoms with Gasteiger partial charge >= 0.3 is 6.03 Å². The minimum Gasteiger partial charge on any atom is -0.387 e. The topological polar surface area (TPSA) is 162 Å². The molecule has 0 aliphatic carbocycles. The van der Waals surface area contributed by atoms with Crippen LogP contribution in [0.3, 0.4) is 0 Å². The van der Waals surface area contributed by atoms with Gasteiger partial charge in [0.15, 0.2) is 6.29 Å². The molecule has 5 N–H and O–H groups in total. The van der Waals surface area contributed by atoms with Crippen molar-refractivity contribution in [1.82, 2.24) is 15.1 Å². The molecule has 0 saturated carbocycles. The minimum absolute atomic E-state index is 0.193. The molecule has 0 spiro atoms. The standard InChI is InChI=1S/C46H71ClN4O9/c1-27-23-45(6,56)41(60-43-39(52)38(50(8)9)20-28(2)58-43)29(3)37(22-36-24-46(7,57-10)40(53)31(5)59-36)30(4)42(54)48-35(21-32-14-12-11-13-15-32)26-51(25-27)44(55)49-34-18-16-33(47)17-19-34/h11-19,27-31,35-41,43,52-53,56H,20-26H2,1-10H3,(H,48,54)(H,49,55)/t27-,28-,29+,30-,31+,35?,36+,37+,38+,39-,40+,41-,43+,45-,46-/m1/s1. The summed E-state index contributed by atoms with van der Waals surface area (Å²) in [4.78, 5) is 32.7. The van der Waals surface area contributed by atoms with Crippen molar-refractivity contribution in [3.05, 3.63) is 65.2 Å².